The highest BCUT2D eigenvalue weighted by molar-refractivity contribution is 5.97. The molecule has 1 amide bonds. The molecule has 1 aliphatic rings. The first-order valence-electron chi connectivity index (χ1n) is 9.18. The molecule has 0 unspecified atom stereocenters. The molecule has 2 aromatic rings. The van der Waals surface area contributed by atoms with Crippen LogP contribution in [0.5, 0.6) is 0 Å². The Kier molecular flexibility index (Phi) is 4.78. The van der Waals surface area contributed by atoms with Gasteiger partial charge in [0.05, 0.1) is 6.04 Å². The number of carbonyl (C=O) groups excluding carboxylic acids is 1. The number of likely N-dealkylation sites (tertiary alicyclic amines) is 1. The first kappa shape index (κ1) is 18.4. The summed E-state index contributed by atoms with van der Waals surface area (Å²) in [6.07, 6.45) is 0. The average Bonchev–Trinajstić information content (AvgIpc) is 2.82. The zero-order chi connectivity index (χ0) is 19.1. The van der Waals surface area contributed by atoms with E-state index in [1.807, 2.05) is 48.6 Å². The third-order valence-corrected chi connectivity index (χ3v) is 4.78. The molecular weight excluding hydrogens is 326 g/mol. The zero-order valence-electron chi connectivity index (χ0n) is 16.6. The number of anilines is 1. The van der Waals surface area contributed by atoms with Gasteiger partial charge < -0.3 is 10.2 Å². The third kappa shape index (κ3) is 3.74. The van der Waals surface area contributed by atoms with Crippen LogP contribution in [0.1, 0.15) is 54.4 Å². The summed E-state index contributed by atoms with van der Waals surface area (Å²) in [6, 6.07) is 6.13. The molecule has 1 aromatic heterocycles. The van der Waals surface area contributed by atoms with Crippen molar-refractivity contribution < 1.29 is 4.79 Å². The molecule has 0 atom stereocenters. The van der Waals surface area contributed by atoms with Crippen LogP contribution in [0.3, 0.4) is 0 Å². The highest BCUT2D eigenvalue weighted by Gasteiger charge is 2.34. The fourth-order valence-electron chi connectivity index (χ4n) is 3.25. The number of nitrogens with one attached hydrogen (secondary N) is 1. The molecular formula is C20H29N5O. The minimum atomic E-state index is 0.0904. The van der Waals surface area contributed by atoms with E-state index in [0.717, 1.165) is 35.0 Å². The van der Waals surface area contributed by atoms with Crippen molar-refractivity contribution in [1.29, 1.82) is 0 Å². The van der Waals surface area contributed by atoms with Crippen LogP contribution in [0.4, 0.5) is 5.69 Å². The second kappa shape index (κ2) is 6.74. The number of hydrogen-bond acceptors (Lipinski definition) is 4. The lowest BCUT2D eigenvalue weighted by Crippen LogP contribution is -2.51. The first-order chi connectivity index (χ1) is 12.2. The Morgan fingerprint density at radius 2 is 1.92 bits per heavy atom. The van der Waals surface area contributed by atoms with E-state index in [1.54, 1.807) is 0 Å². The minimum absolute atomic E-state index is 0.0904. The van der Waals surface area contributed by atoms with E-state index in [0.29, 0.717) is 13.1 Å². The average molecular weight is 355 g/mol. The molecule has 1 saturated heterocycles. The van der Waals surface area contributed by atoms with Crippen molar-refractivity contribution in [2.75, 3.05) is 25.0 Å². The summed E-state index contributed by atoms with van der Waals surface area (Å²) in [4.78, 5) is 19.2. The van der Waals surface area contributed by atoms with Crippen molar-refractivity contribution in [3.8, 4) is 0 Å². The second-order valence-electron chi connectivity index (χ2n) is 8.41. The standard InChI is InChI=1S/C20H29N5O/c1-13-17(8-7-9-18(13)21-12-20(4,5)6)19(26)24-10-16(11-24)25-15(3)22-14(2)23-25/h7-9,16,21H,10-12H2,1-6H3. The summed E-state index contributed by atoms with van der Waals surface area (Å²) in [7, 11) is 0. The predicted molar refractivity (Wildman–Crippen MR) is 104 cm³/mol. The quantitative estimate of drug-likeness (QED) is 0.913. The molecule has 1 fully saturated rings. The van der Waals surface area contributed by atoms with Gasteiger partial charge in [-0.25, -0.2) is 9.67 Å². The van der Waals surface area contributed by atoms with E-state index in [1.165, 1.54) is 0 Å². The lowest BCUT2D eigenvalue weighted by atomic mass is 9.96. The number of amides is 1. The molecule has 1 aliphatic heterocycles. The summed E-state index contributed by atoms with van der Waals surface area (Å²) < 4.78 is 1.94. The van der Waals surface area contributed by atoms with Gasteiger partial charge in [-0.15, -0.1) is 0 Å². The van der Waals surface area contributed by atoms with Crippen molar-refractivity contribution in [3.63, 3.8) is 0 Å². The van der Waals surface area contributed by atoms with E-state index in [9.17, 15) is 4.79 Å². The Morgan fingerprint density at radius 1 is 1.23 bits per heavy atom. The number of benzene rings is 1. The molecule has 2 heterocycles. The van der Waals surface area contributed by atoms with Crippen LogP contribution in [0.25, 0.3) is 0 Å². The molecule has 0 bridgehead atoms. The first-order valence-corrected chi connectivity index (χ1v) is 9.18. The van der Waals surface area contributed by atoms with Crippen LogP contribution in [0, 0.1) is 26.2 Å². The van der Waals surface area contributed by atoms with E-state index in [-0.39, 0.29) is 17.4 Å². The molecule has 3 rings (SSSR count). The summed E-state index contributed by atoms with van der Waals surface area (Å²) in [5.74, 6) is 1.78. The van der Waals surface area contributed by atoms with Gasteiger partial charge in [0, 0.05) is 30.9 Å². The Morgan fingerprint density at radius 3 is 2.50 bits per heavy atom. The predicted octanol–water partition coefficient (Wildman–Crippen LogP) is 3.36. The van der Waals surface area contributed by atoms with Crippen LogP contribution in [0.15, 0.2) is 18.2 Å². The molecule has 1 N–H and O–H groups in total. The number of hydrogen-bond donors (Lipinski definition) is 1. The SMILES string of the molecule is Cc1nc(C)n(C2CN(C(=O)c3cccc(NCC(C)(C)C)c3C)C2)n1. The van der Waals surface area contributed by atoms with Gasteiger partial charge in [-0.3, -0.25) is 4.79 Å². The van der Waals surface area contributed by atoms with Crippen molar-refractivity contribution in [1.82, 2.24) is 19.7 Å². The molecule has 6 heteroatoms. The van der Waals surface area contributed by atoms with Gasteiger partial charge in [-0.05, 0) is 43.9 Å². The summed E-state index contributed by atoms with van der Waals surface area (Å²) >= 11 is 0. The summed E-state index contributed by atoms with van der Waals surface area (Å²) in [5, 5.41) is 7.91. The molecule has 0 radical (unpaired) electrons. The van der Waals surface area contributed by atoms with Gasteiger partial charge >= 0.3 is 0 Å². The van der Waals surface area contributed by atoms with Gasteiger partial charge in [0.2, 0.25) is 0 Å². The largest absolute Gasteiger partial charge is 0.384 e. The number of nitrogens with zero attached hydrogens (tertiary/aromatic N) is 4. The van der Waals surface area contributed by atoms with Crippen molar-refractivity contribution in [3.05, 3.63) is 41.0 Å². The molecule has 1 aromatic carbocycles. The van der Waals surface area contributed by atoms with E-state index in [4.69, 9.17) is 0 Å². The van der Waals surface area contributed by atoms with Gasteiger partial charge in [0.15, 0.2) is 0 Å². The molecule has 26 heavy (non-hydrogen) atoms. The Labute approximate surface area is 155 Å². The Bertz CT molecular complexity index is 812. The van der Waals surface area contributed by atoms with E-state index < -0.39 is 0 Å². The van der Waals surface area contributed by atoms with Crippen LogP contribution in [0.2, 0.25) is 0 Å². The van der Waals surface area contributed by atoms with Crippen LogP contribution < -0.4 is 5.32 Å². The highest BCUT2D eigenvalue weighted by Crippen LogP contribution is 2.27. The smallest absolute Gasteiger partial charge is 0.254 e. The maximum atomic E-state index is 12.9. The van der Waals surface area contributed by atoms with Crippen LogP contribution in [-0.4, -0.2) is 45.2 Å². The number of aryl methyl sites for hydroxylation is 2. The van der Waals surface area contributed by atoms with Gasteiger partial charge in [0.25, 0.3) is 5.91 Å². The van der Waals surface area contributed by atoms with Crippen LogP contribution in [-0.2, 0) is 0 Å². The Balaban J connectivity index is 1.68. The highest BCUT2D eigenvalue weighted by atomic mass is 16.2. The number of aromatic nitrogens is 3. The minimum Gasteiger partial charge on any atom is -0.384 e. The zero-order valence-corrected chi connectivity index (χ0v) is 16.6. The van der Waals surface area contributed by atoms with Gasteiger partial charge in [-0.2, -0.15) is 5.10 Å². The monoisotopic (exact) mass is 355 g/mol. The number of carbonyl (C=O) groups is 1. The summed E-state index contributed by atoms with van der Waals surface area (Å²) in [6.45, 7) is 14.7. The van der Waals surface area contributed by atoms with Crippen molar-refractivity contribution >= 4 is 11.6 Å². The maximum Gasteiger partial charge on any atom is 0.254 e. The van der Waals surface area contributed by atoms with Crippen LogP contribution >= 0.6 is 0 Å². The lowest BCUT2D eigenvalue weighted by Gasteiger charge is -2.39. The molecule has 0 saturated carbocycles. The van der Waals surface area contributed by atoms with Crippen molar-refractivity contribution in [2.24, 2.45) is 5.41 Å². The molecule has 6 nitrogen and oxygen atoms in total. The lowest BCUT2D eigenvalue weighted by molar-refractivity contribution is 0.0496. The summed E-state index contributed by atoms with van der Waals surface area (Å²) in [5.41, 5.74) is 3.00. The fourth-order valence-corrected chi connectivity index (χ4v) is 3.25. The molecule has 140 valence electrons. The third-order valence-electron chi connectivity index (χ3n) is 4.78. The fraction of sp³-hybridized carbons (Fsp3) is 0.550. The topological polar surface area (TPSA) is 63.1 Å². The number of rotatable bonds is 4. The van der Waals surface area contributed by atoms with Gasteiger partial charge in [0.1, 0.15) is 11.6 Å². The second-order valence-corrected chi connectivity index (χ2v) is 8.41. The van der Waals surface area contributed by atoms with Crippen molar-refractivity contribution in [2.45, 2.75) is 47.6 Å². The van der Waals surface area contributed by atoms with E-state index in [2.05, 4.69) is 36.2 Å². The molecule has 0 aliphatic carbocycles. The van der Waals surface area contributed by atoms with Gasteiger partial charge in [-0.1, -0.05) is 26.8 Å². The Hall–Kier alpha value is -2.37. The van der Waals surface area contributed by atoms with E-state index >= 15 is 0 Å². The molecule has 0 spiro atoms. The maximum absolute atomic E-state index is 12.9. The normalized spacial score (nSPS) is 15.1.